The maximum absolute atomic E-state index is 6.12. The second-order valence-corrected chi connectivity index (χ2v) is 6.32. The van der Waals surface area contributed by atoms with Crippen LogP contribution in [0.4, 0.5) is 0 Å². The third-order valence-electron chi connectivity index (χ3n) is 4.46. The lowest BCUT2D eigenvalue weighted by molar-refractivity contribution is 0.301. The van der Waals surface area contributed by atoms with Crippen LogP contribution in [0.5, 0.6) is 5.75 Å². The molecule has 0 saturated heterocycles. The van der Waals surface area contributed by atoms with Gasteiger partial charge in [-0.3, -0.25) is 0 Å². The van der Waals surface area contributed by atoms with Gasteiger partial charge in [0.25, 0.3) is 0 Å². The van der Waals surface area contributed by atoms with Gasteiger partial charge in [0.15, 0.2) is 0 Å². The largest absolute Gasteiger partial charge is 0.496 e. The smallest absolute Gasteiger partial charge is 0.122 e. The number of nitrogens with one attached hydrogen (secondary N) is 1. The van der Waals surface area contributed by atoms with E-state index in [1.54, 1.807) is 7.11 Å². The molecule has 2 rings (SSSR count). The minimum absolute atomic E-state index is 0.505. The SMILES string of the molecule is CNC(Cc1cc(Cl)ccc1OC)CC1CCCCC1. The Bertz CT molecular complexity index is 415. The predicted octanol–water partition coefficient (Wildman–Crippen LogP) is 4.45. The molecule has 1 aromatic carbocycles. The van der Waals surface area contributed by atoms with E-state index in [4.69, 9.17) is 16.3 Å². The van der Waals surface area contributed by atoms with Gasteiger partial charge < -0.3 is 10.1 Å². The van der Waals surface area contributed by atoms with Crippen molar-refractivity contribution in [3.05, 3.63) is 28.8 Å². The highest BCUT2D eigenvalue weighted by molar-refractivity contribution is 6.30. The van der Waals surface area contributed by atoms with Gasteiger partial charge in [-0.1, -0.05) is 43.7 Å². The first-order chi connectivity index (χ1) is 9.72. The second kappa shape index (κ2) is 7.90. The average Bonchev–Trinajstić information content (AvgIpc) is 2.48. The first-order valence-corrected chi connectivity index (χ1v) is 8.10. The number of ether oxygens (including phenoxy) is 1. The molecule has 1 unspecified atom stereocenters. The van der Waals surface area contributed by atoms with E-state index in [-0.39, 0.29) is 0 Å². The van der Waals surface area contributed by atoms with Crippen LogP contribution < -0.4 is 10.1 Å². The van der Waals surface area contributed by atoms with Crippen molar-refractivity contribution in [2.45, 2.75) is 51.0 Å². The third-order valence-corrected chi connectivity index (χ3v) is 4.69. The summed E-state index contributed by atoms with van der Waals surface area (Å²) < 4.78 is 5.45. The van der Waals surface area contributed by atoms with Crippen molar-refractivity contribution in [3.63, 3.8) is 0 Å². The molecule has 0 spiro atoms. The normalized spacial score (nSPS) is 17.9. The molecular weight excluding hydrogens is 270 g/mol. The Kier molecular flexibility index (Phi) is 6.18. The van der Waals surface area contributed by atoms with Gasteiger partial charge in [-0.15, -0.1) is 0 Å². The molecule has 1 saturated carbocycles. The fraction of sp³-hybridized carbons (Fsp3) is 0.647. The lowest BCUT2D eigenvalue weighted by Crippen LogP contribution is -2.30. The minimum Gasteiger partial charge on any atom is -0.496 e. The molecule has 0 aromatic heterocycles. The van der Waals surface area contributed by atoms with E-state index in [9.17, 15) is 0 Å². The predicted molar refractivity (Wildman–Crippen MR) is 85.7 cm³/mol. The van der Waals surface area contributed by atoms with Crippen molar-refractivity contribution in [2.24, 2.45) is 5.92 Å². The molecule has 0 heterocycles. The van der Waals surface area contributed by atoms with E-state index in [0.29, 0.717) is 6.04 Å². The topological polar surface area (TPSA) is 21.3 Å². The Labute approximate surface area is 127 Å². The van der Waals surface area contributed by atoms with Crippen LogP contribution in [0.25, 0.3) is 0 Å². The van der Waals surface area contributed by atoms with Crippen LogP contribution in [0.15, 0.2) is 18.2 Å². The number of hydrogen-bond donors (Lipinski definition) is 1. The van der Waals surface area contributed by atoms with Crippen molar-refractivity contribution in [2.75, 3.05) is 14.2 Å². The summed E-state index contributed by atoms with van der Waals surface area (Å²) in [4.78, 5) is 0. The Hall–Kier alpha value is -0.730. The molecule has 1 fully saturated rings. The summed E-state index contributed by atoms with van der Waals surface area (Å²) in [6.07, 6.45) is 9.25. The van der Waals surface area contributed by atoms with Crippen LogP contribution in [-0.4, -0.2) is 20.2 Å². The van der Waals surface area contributed by atoms with Crippen LogP contribution in [-0.2, 0) is 6.42 Å². The molecule has 112 valence electrons. The highest BCUT2D eigenvalue weighted by atomic mass is 35.5. The standard InChI is InChI=1S/C17H26ClNO/c1-19-16(10-13-6-4-3-5-7-13)12-14-11-15(18)8-9-17(14)20-2/h8-9,11,13,16,19H,3-7,10,12H2,1-2H3. The van der Waals surface area contributed by atoms with Crippen molar-refractivity contribution in [1.29, 1.82) is 0 Å². The Balaban J connectivity index is 1.99. The van der Waals surface area contributed by atoms with Crippen LogP contribution in [0.1, 0.15) is 44.1 Å². The lowest BCUT2D eigenvalue weighted by atomic mass is 9.83. The van der Waals surface area contributed by atoms with Gasteiger partial charge >= 0.3 is 0 Å². The molecular formula is C17H26ClNO. The summed E-state index contributed by atoms with van der Waals surface area (Å²) in [5, 5.41) is 4.26. The van der Waals surface area contributed by atoms with Gasteiger partial charge in [0.05, 0.1) is 7.11 Å². The van der Waals surface area contributed by atoms with E-state index >= 15 is 0 Å². The fourth-order valence-corrected chi connectivity index (χ4v) is 3.50. The van der Waals surface area contributed by atoms with Gasteiger partial charge in [0, 0.05) is 11.1 Å². The van der Waals surface area contributed by atoms with Gasteiger partial charge in [-0.25, -0.2) is 0 Å². The van der Waals surface area contributed by atoms with Crippen molar-refractivity contribution < 1.29 is 4.74 Å². The number of rotatable bonds is 6. The maximum atomic E-state index is 6.12. The molecule has 3 heteroatoms. The number of methoxy groups -OCH3 is 1. The lowest BCUT2D eigenvalue weighted by Gasteiger charge is -2.26. The molecule has 1 atom stereocenters. The van der Waals surface area contributed by atoms with Gasteiger partial charge in [0.2, 0.25) is 0 Å². The number of benzene rings is 1. The van der Waals surface area contributed by atoms with Crippen LogP contribution in [0, 0.1) is 5.92 Å². The molecule has 20 heavy (non-hydrogen) atoms. The molecule has 1 aliphatic carbocycles. The molecule has 0 amide bonds. The Morgan fingerprint density at radius 2 is 2.05 bits per heavy atom. The second-order valence-electron chi connectivity index (χ2n) is 5.89. The van der Waals surface area contributed by atoms with Crippen molar-refractivity contribution in [1.82, 2.24) is 5.32 Å². The first-order valence-electron chi connectivity index (χ1n) is 7.72. The third kappa shape index (κ3) is 4.39. The summed E-state index contributed by atoms with van der Waals surface area (Å²) in [6.45, 7) is 0. The monoisotopic (exact) mass is 295 g/mol. The van der Waals surface area contributed by atoms with E-state index in [2.05, 4.69) is 12.4 Å². The zero-order valence-corrected chi connectivity index (χ0v) is 13.4. The molecule has 0 aliphatic heterocycles. The molecule has 0 bridgehead atoms. The van der Waals surface area contributed by atoms with Crippen molar-refractivity contribution in [3.8, 4) is 5.75 Å². The van der Waals surface area contributed by atoms with Crippen LogP contribution >= 0.6 is 11.6 Å². The zero-order chi connectivity index (χ0) is 14.4. The van der Waals surface area contributed by atoms with Crippen molar-refractivity contribution >= 4 is 11.6 Å². The number of hydrogen-bond acceptors (Lipinski definition) is 2. The van der Waals surface area contributed by atoms with E-state index < -0.39 is 0 Å². The first kappa shape index (κ1) is 15.7. The van der Waals surface area contributed by atoms with E-state index in [1.165, 1.54) is 44.1 Å². The number of likely N-dealkylation sites (N-methyl/N-ethyl adjacent to an activating group) is 1. The Morgan fingerprint density at radius 1 is 1.30 bits per heavy atom. The zero-order valence-electron chi connectivity index (χ0n) is 12.6. The summed E-state index contributed by atoms with van der Waals surface area (Å²) >= 11 is 6.12. The van der Waals surface area contributed by atoms with Gasteiger partial charge in [-0.2, -0.15) is 0 Å². The van der Waals surface area contributed by atoms with Crippen LogP contribution in [0.3, 0.4) is 0 Å². The molecule has 0 radical (unpaired) electrons. The van der Waals surface area contributed by atoms with E-state index in [0.717, 1.165) is 23.1 Å². The van der Waals surface area contributed by atoms with Gasteiger partial charge in [0.1, 0.15) is 5.75 Å². The Morgan fingerprint density at radius 3 is 2.70 bits per heavy atom. The average molecular weight is 296 g/mol. The summed E-state index contributed by atoms with van der Waals surface area (Å²) in [6, 6.07) is 6.39. The molecule has 1 N–H and O–H groups in total. The molecule has 2 nitrogen and oxygen atoms in total. The van der Waals surface area contributed by atoms with Gasteiger partial charge in [-0.05, 0) is 49.6 Å². The molecule has 1 aromatic rings. The number of halogens is 1. The quantitative estimate of drug-likeness (QED) is 0.837. The van der Waals surface area contributed by atoms with E-state index in [1.807, 2.05) is 18.2 Å². The fourth-order valence-electron chi connectivity index (χ4n) is 3.30. The summed E-state index contributed by atoms with van der Waals surface area (Å²) in [5.74, 6) is 1.82. The molecule has 1 aliphatic rings. The highest BCUT2D eigenvalue weighted by Gasteiger charge is 2.19. The minimum atomic E-state index is 0.505. The maximum Gasteiger partial charge on any atom is 0.122 e. The summed E-state index contributed by atoms with van der Waals surface area (Å²) in [7, 11) is 3.78. The summed E-state index contributed by atoms with van der Waals surface area (Å²) in [5.41, 5.74) is 1.20. The highest BCUT2D eigenvalue weighted by Crippen LogP contribution is 2.30. The van der Waals surface area contributed by atoms with Crippen LogP contribution in [0.2, 0.25) is 5.02 Å².